The Hall–Kier alpha value is -1.92. The van der Waals surface area contributed by atoms with Crippen molar-refractivity contribution in [3.05, 3.63) is 36.2 Å². The summed E-state index contributed by atoms with van der Waals surface area (Å²) in [5, 5.41) is 19.6. The van der Waals surface area contributed by atoms with Gasteiger partial charge >= 0.3 is 13.1 Å². The summed E-state index contributed by atoms with van der Waals surface area (Å²) in [6, 6.07) is 6.44. The maximum absolute atomic E-state index is 11.3. The van der Waals surface area contributed by atoms with Crippen molar-refractivity contribution in [2.75, 3.05) is 7.11 Å². The average molecular weight is 231 g/mol. The minimum absolute atomic E-state index is 0.185. The molecule has 1 heterocycles. The maximum atomic E-state index is 11.3. The summed E-state index contributed by atoms with van der Waals surface area (Å²) in [6.45, 7) is 0. The van der Waals surface area contributed by atoms with Gasteiger partial charge in [0.1, 0.15) is 5.69 Å². The van der Waals surface area contributed by atoms with E-state index in [9.17, 15) is 4.79 Å². The third kappa shape index (κ3) is 2.27. The van der Waals surface area contributed by atoms with Crippen LogP contribution >= 0.6 is 0 Å². The molecule has 0 aliphatic carbocycles. The van der Waals surface area contributed by atoms with Crippen LogP contribution < -0.4 is 5.46 Å². The number of nitrogens with zero attached hydrogens (tertiary/aromatic N) is 1. The van der Waals surface area contributed by atoms with Gasteiger partial charge in [0.15, 0.2) is 0 Å². The Kier molecular flexibility index (Phi) is 3.08. The molecule has 2 rings (SSSR count). The molecule has 5 nitrogen and oxygen atoms in total. The zero-order valence-corrected chi connectivity index (χ0v) is 9.12. The van der Waals surface area contributed by atoms with E-state index in [1.54, 1.807) is 24.3 Å². The Bertz CT molecular complexity index is 570. The Morgan fingerprint density at radius 3 is 2.71 bits per heavy atom. The van der Waals surface area contributed by atoms with Gasteiger partial charge in [-0.25, -0.2) is 9.78 Å². The van der Waals surface area contributed by atoms with E-state index in [-0.39, 0.29) is 5.69 Å². The lowest BCUT2D eigenvalue weighted by Gasteiger charge is -2.04. The number of fused-ring (bicyclic) bond motifs is 1. The molecule has 0 amide bonds. The van der Waals surface area contributed by atoms with E-state index < -0.39 is 13.1 Å². The molecule has 0 unspecified atom stereocenters. The smallest absolute Gasteiger partial charge is 0.464 e. The van der Waals surface area contributed by atoms with Gasteiger partial charge in [0.25, 0.3) is 0 Å². The molecule has 0 saturated carbocycles. The maximum Gasteiger partial charge on any atom is 0.488 e. The highest BCUT2D eigenvalue weighted by Gasteiger charge is 2.12. The molecule has 0 atom stereocenters. The van der Waals surface area contributed by atoms with Gasteiger partial charge in [-0.1, -0.05) is 18.2 Å². The Morgan fingerprint density at radius 1 is 1.29 bits per heavy atom. The second-order valence-corrected chi connectivity index (χ2v) is 3.54. The van der Waals surface area contributed by atoms with E-state index in [4.69, 9.17) is 10.0 Å². The van der Waals surface area contributed by atoms with Crippen LogP contribution in [0.4, 0.5) is 0 Å². The van der Waals surface area contributed by atoms with Gasteiger partial charge in [-0.2, -0.15) is 0 Å². The molecule has 0 aliphatic heterocycles. The van der Waals surface area contributed by atoms with Gasteiger partial charge in [0, 0.05) is 11.6 Å². The predicted molar refractivity (Wildman–Crippen MR) is 62.9 cm³/mol. The van der Waals surface area contributed by atoms with Gasteiger partial charge in [-0.15, -0.1) is 0 Å². The summed E-state index contributed by atoms with van der Waals surface area (Å²) in [6.07, 6.45) is 1.54. The van der Waals surface area contributed by atoms with E-state index in [0.717, 1.165) is 5.39 Å². The minimum atomic E-state index is -1.53. The first-order valence-electron chi connectivity index (χ1n) is 4.96. The van der Waals surface area contributed by atoms with Crippen LogP contribution in [-0.4, -0.2) is 35.2 Å². The van der Waals surface area contributed by atoms with Crippen molar-refractivity contribution in [3.8, 4) is 0 Å². The molecule has 2 N–H and O–H groups in total. The van der Waals surface area contributed by atoms with Crippen LogP contribution in [0.2, 0.25) is 0 Å². The summed E-state index contributed by atoms with van der Waals surface area (Å²) in [5.41, 5.74) is 0.545. The summed E-state index contributed by atoms with van der Waals surface area (Å²) >= 11 is 0. The number of benzene rings is 1. The number of ether oxygens (including phenoxy) is 1. The molecule has 6 heteroatoms. The summed E-state index contributed by atoms with van der Waals surface area (Å²) in [4.78, 5) is 15.2. The van der Waals surface area contributed by atoms with E-state index in [1.165, 1.54) is 13.3 Å². The monoisotopic (exact) mass is 231 g/mol. The number of rotatable bonds is 2. The highest BCUT2D eigenvalue weighted by molar-refractivity contribution is 6.58. The van der Waals surface area contributed by atoms with E-state index in [2.05, 4.69) is 9.72 Å². The minimum Gasteiger partial charge on any atom is -0.464 e. The number of esters is 1. The Morgan fingerprint density at radius 2 is 2.06 bits per heavy atom. The fraction of sp³-hybridized carbons (Fsp3) is 0.0909. The SMILES string of the molecule is COC(=O)c1cc2cc(B(O)O)ccc2cn1. The normalized spacial score (nSPS) is 10.3. The van der Waals surface area contributed by atoms with Crippen molar-refractivity contribution < 1.29 is 19.6 Å². The van der Waals surface area contributed by atoms with Crippen molar-refractivity contribution in [2.24, 2.45) is 0 Å². The van der Waals surface area contributed by atoms with Crippen LogP contribution in [0.5, 0.6) is 0 Å². The van der Waals surface area contributed by atoms with Crippen LogP contribution in [0.15, 0.2) is 30.5 Å². The van der Waals surface area contributed by atoms with Crippen LogP contribution in [0.1, 0.15) is 10.5 Å². The van der Waals surface area contributed by atoms with Crippen LogP contribution in [0, 0.1) is 0 Å². The number of hydrogen-bond donors (Lipinski definition) is 2. The first-order valence-corrected chi connectivity index (χ1v) is 4.96. The highest BCUT2D eigenvalue weighted by atomic mass is 16.5. The molecule has 0 bridgehead atoms. The molecule has 2 aromatic rings. The number of methoxy groups -OCH3 is 1. The van der Waals surface area contributed by atoms with E-state index in [1.807, 2.05) is 0 Å². The lowest BCUT2D eigenvalue weighted by Crippen LogP contribution is -2.29. The third-order valence-electron chi connectivity index (χ3n) is 2.44. The van der Waals surface area contributed by atoms with Gasteiger partial charge < -0.3 is 14.8 Å². The van der Waals surface area contributed by atoms with Crippen LogP contribution in [-0.2, 0) is 4.74 Å². The molecule has 0 radical (unpaired) electrons. The molecule has 0 fully saturated rings. The fourth-order valence-corrected chi connectivity index (χ4v) is 1.54. The standard InChI is InChI=1S/C11H10BNO4/c1-17-11(14)10-5-8-4-9(12(15)16)3-2-7(8)6-13-10/h2-6,15-16H,1H3. The second-order valence-electron chi connectivity index (χ2n) is 3.54. The molecule has 1 aromatic heterocycles. The highest BCUT2D eigenvalue weighted by Crippen LogP contribution is 2.13. The number of carbonyl (C=O) groups excluding carboxylic acids is 1. The molecule has 0 aliphatic rings. The first kappa shape index (κ1) is 11.6. The van der Waals surface area contributed by atoms with Gasteiger partial charge in [0.05, 0.1) is 7.11 Å². The summed E-state index contributed by atoms with van der Waals surface area (Å²) in [5.74, 6) is -0.526. The summed E-state index contributed by atoms with van der Waals surface area (Å²) < 4.78 is 4.56. The lowest BCUT2D eigenvalue weighted by atomic mass is 9.79. The number of aromatic nitrogens is 1. The fourth-order valence-electron chi connectivity index (χ4n) is 1.54. The van der Waals surface area contributed by atoms with Crippen molar-refractivity contribution in [1.29, 1.82) is 0 Å². The zero-order chi connectivity index (χ0) is 12.4. The molecule has 0 spiro atoms. The van der Waals surface area contributed by atoms with E-state index in [0.29, 0.717) is 10.8 Å². The van der Waals surface area contributed by atoms with Crippen molar-refractivity contribution in [2.45, 2.75) is 0 Å². The quantitative estimate of drug-likeness (QED) is 0.548. The average Bonchev–Trinajstić information content (AvgIpc) is 2.36. The second kappa shape index (κ2) is 4.53. The number of hydrogen-bond acceptors (Lipinski definition) is 5. The molecular weight excluding hydrogens is 221 g/mol. The predicted octanol–water partition coefficient (Wildman–Crippen LogP) is -0.299. The lowest BCUT2D eigenvalue weighted by molar-refractivity contribution is 0.0594. The molecule has 1 aromatic carbocycles. The first-order chi connectivity index (χ1) is 8.11. The van der Waals surface area contributed by atoms with Crippen molar-refractivity contribution in [3.63, 3.8) is 0 Å². The van der Waals surface area contributed by atoms with Crippen molar-refractivity contribution >= 4 is 29.3 Å². The Labute approximate surface area is 97.8 Å². The number of carbonyl (C=O) groups is 1. The molecule has 0 saturated heterocycles. The molecule has 17 heavy (non-hydrogen) atoms. The van der Waals surface area contributed by atoms with E-state index >= 15 is 0 Å². The molecule has 86 valence electrons. The zero-order valence-electron chi connectivity index (χ0n) is 9.12. The molecular formula is C11H10BNO4. The van der Waals surface area contributed by atoms with Crippen LogP contribution in [0.3, 0.4) is 0 Å². The van der Waals surface area contributed by atoms with Gasteiger partial charge in [-0.05, 0) is 16.9 Å². The Balaban J connectivity index is 2.54. The summed E-state index contributed by atoms with van der Waals surface area (Å²) in [7, 11) is -0.253. The van der Waals surface area contributed by atoms with Crippen LogP contribution in [0.25, 0.3) is 10.8 Å². The topological polar surface area (TPSA) is 79.7 Å². The van der Waals surface area contributed by atoms with Gasteiger partial charge in [0.2, 0.25) is 0 Å². The van der Waals surface area contributed by atoms with Crippen molar-refractivity contribution in [1.82, 2.24) is 4.98 Å². The van der Waals surface area contributed by atoms with Gasteiger partial charge in [-0.3, -0.25) is 0 Å². The number of pyridine rings is 1. The largest absolute Gasteiger partial charge is 0.488 e. The third-order valence-corrected chi connectivity index (χ3v) is 2.44.